The Morgan fingerprint density at radius 3 is 2.76 bits per heavy atom. The van der Waals surface area contributed by atoms with Crippen LogP contribution in [0, 0.1) is 0 Å². The lowest BCUT2D eigenvalue weighted by atomic mass is 10.0. The van der Waals surface area contributed by atoms with Crippen LogP contribution in [0.1, 0.15) is 17.3 Å². The number of aromatic nitrogens is 2. The molecule has 0 amide bonds. The molecule has 2 rings (SSSR count). The topological polar surface area (TPSA) is 53.1 Å². The second-order valence-electron chi connectivity index (χ2n) is 3.78. The zero-order valence-electron chi connectivity index (χ0n) is 9.72. The fraction of sp³-hybridized carbons (Fsp3) is 0.250. The minimum atomic E-state index is -0.278. The van der Waals surface area contributed by atoms with Crippen molar-refractivity contribution in [3.63, 3.8) is 0 Å². The SMILES string of the molecule is COc1cc(Br)ccc1C(N)c1ccn(C)n1. The highest BCUT2D eigenvalue weighted by Gasteiger charge is 2.16. The predicted molar refractivity (Wildman–Crippen MR) is 69.9 cm³/mol. The van der Waals surface area contributed by atoms with Crippen LogP contribution in [0.3, 0.4) is 0 Å². The molecule has 2 N–H and O–H groups in total. The smallest absolute Gasteiger partial charge is 0.125 e. The summed E-state index contributed by atoms with van der Waals surface area (Å²) in [5.41, 5.74) is 7.94. The van der Waals surface area contributed by atoms with Crippen LogP contribution in [0.15, 0.2) is 34.9 Å². The molecule has 90 valence electrons. The Hall–Kier alpha value is -1.33. The van der Waals surface area contributed by atoms with Gasteiger partial charge in [0.2, 0.25) is 0 Å². The summed E-state index contributed by atoms with van der Waals surface area (Å²) in [4.78, 5) is 0. The summed E-state index contributed by atoms with van der Waals surface area (Å²) in [6.45, 7) is 0. The largest absolute Gasteiger partial charge is 0.496 e. The molecule has 0 aliphatic carbocycles. The fourth-order valence-corrected chi connectivity index (χ4v) is 2.04. The molecule has 1 heterocycles. The van der Waals surface area contributed by atoms with Gasteiger partial charge in [0.25, 0.3) is 0 Å². The number of benzene rings is 1. The molecule has 0 spiro atoms. The average molecular weight is 296 g/mol. The molecular weight excluding hydrogens is 282 g/mol. The van der Waals surface area contributed by atoms with E-state index in [0.717, 1.165) is 21.5 Å². The molecule has 0 aliphatic rings. The molecule has 1 aromatic carbocycles. The molecule has 0 aliphatic heterocycles. The minimum absolute atomic E-state index is 0.278. The van der Waals surface area contributed by atoms with Gasteiger partial charge in [-0.15, -0.1) is 0 Å². The number of halogens is 1. The van der Waals surface area contributed by atoms with E-state index in [2.05, 4.69) is 21.0 Å². The van der Waals surface area contributed by atoms with Crippen molar-refractivity contribution < 1.29 is 4.74 Å². The van der Waals surface area contributed by atoms with E-state index in [1.165, 1.54) is 0 Å². The third kappa shape index (κ3) is 2.50. The van der Waals surface area contributed by atoms with Crippen LogP contribution in [-0.4, -0.2) is 16.9 Å². The van der Waals surface area contributed by atoms with Crippen LogP contribution >= 0.6 is 15.9 Å². The van der Waals surface area contributed by atoms with E-state index in [-0.39, 0.29) is 6.04 Å². The number of methoxy groups -OCH3 is 1. The van der Waals surface area contributed by atoms with Gasteiger partial charge in [0, 0.05) is 23.3 Å². The number of ether oxygens (including phenoxy) is 1. The molecule has 0 bridgehead atoms. The maximum absolute atomic E-state index is 6.18. The van der Waals surface area contributed by atoms with Gasteiger partial charge in [0.1, 0.15) is 5.75 Å². The normalized spacial score (nSPS) is 12.5. The van der Waals surface area contributed by atoms with E-state index in [1.807, 2.05) is 37.5 Å². The second-order valence-corrected chi connectivity index (χ2v) is 4.69. The molecule has 1 aromatic heterocycles. The van der Waals surface area contributed by atoms with Gasteiger partial charge in [-0.2, -0.15) is 5.10 Å². The van der Waals surface area contributed by atoms with Crippen LogP contribution < -0.4 is 10.5 Å². The first-order valence-electron chi connectivity index (χ1n) is 5.20. The number of hydrogen-bond acceptors (Lipinski definition) is 3. The minimum Gasteiger partial charge on any atom is -0.496 e. The molecule has 0 saturated heterocycles. The van der Waals surface area contributed by atoms with Crippen LogP contribution in [0.5, 0.6) is 5.75 Å². The van der Waals surface area contributed by atoms with Crippen LogP contribution in [-0.2, 0) is 7.05 Å². The summed E-state index contributed by atoms with van der Waals surface area (Å²) in [6.07, 6.45) is 1.88. The Morgan fingerprint density at radius 1 is 1.41 bits per heavy atom. The van der Waals surface area contributed by atoms with Gasteiger partial charge in [-0.1, -0.05) is 22.0 Å². The molecule has 17 heavy (non-hydrogen) atoms. The number of nitrogens with zero attached hydrogens (tertiary/aromatic N) is 2. The number of nitrogens with two attached hydrogens (primary N) is 1. The Bertz CT molecular complexity index is 524. The van der Waals surface area contributed by atoms with E-state index in [1.54, 1.807) is 11.8 Å². The van der Waals surface area contributed by atoms with Crippen LogP contribution in [0.25, 0.3) is 0 Å². The van der Waals surface area contributed by atoms with E-state index < -0.39 is 0 Å². The van der Waals surface area contributed by atoms with E-state index in [0.29, 0.717) is 0 Å². The van der Waals surface area contributed by atoms with E-state index in [4.69, 9.17) is 10.5 Å². The van der Waals surface area contributed by atoms with Crippen LogP contribution in [0.4, 0.5) is 0 Å². The highest BCUT2D eigenvalue weighted by atomic mass is 79.9. The summed E-state index contributed by atoms with van der Waals surface area (Å²) in [7, 11) is 3.51. The predicted octanol–water partition coefficient (Wildman–Crippen LogP) is 2.24. The van der Waals surface area contributed by atoms with Crippen molar-refractivity contribution in [3.05, 3.63) is 46.2 Å². The highest BCUT2D eigenvalue weighted by Crippen LogP contribution is 2.30. The van der Waals surface area contributed by atoms with Gasteiger partial charge in [-0.3, -0.25) is 4.68 Å². The molecule has 2 aromatic rings. The molecule has 5 heteroatoms. The van der Waals surface area contributed by atoms with E-state index >= 15 is 0 Å². The lowest BCUT2D eigenvalue weighted by molar-refractivity contribution is 0.407. The standard InChI is InChI=1S/C12H14BrN3O/c1-16-6-5-10(15-16)12(14)9-4-3-8(13)7-11(9)17-2/h3-7,12H,14H2,1-2H3. The average Bonchev–Trinajstić information content (AvgIpc) is 2.75. The van der Waals surface area contributed by atoms with Gasteiger partial charge in [-0.25, -0.2) is 0 Å². The maximum atomic E-state index is 6.18. The van der Waals surface area contributed by atoms with Crippen molar-refractivity contribution in [1.82, 2.24) is 9.78 Å². The first kappa shape index (κ1) is 12.1. The van der Waals surface area contributed by atoms with Crippen LogP contribution in [0.2, 0.25) is 0 Å². The zero-order valence-corrected chi connectivity index (χ0v) is 11.3. The molecule has 1 unspecified atom stereocenters. The molecule has 0 saturated carbocycles. The first-order valence-corrected chi connectivity index (χ1v) is 5.99. The molecule has 0 radical (unpaired) electrons. The van der Waals surface area contributed by atoms with Crippen molar-refractivity contribution in [2.24, 2.45) is 12.8 Å². The third-order valence-electron chi connectivity index (χ3n) is 2.58. The molecular formula is C12H14BrN3O. The Balaban J connectivity index is 2.39. The summed E-state index contributed by atoms with van der Waals surface area (Å²) in [5.74, 6) is 0.762. The lowest BCUT2D eigenvalue weighted by Gasteiger charge is -2.14. The van der Waals surface area contributed by atoms with Crippen molar-refractivity contribution >= 4 is 15.9 Å². The van der Waals surface area contributed by atoms with Gasteiger partial charge in [-0.05, 0) is 18.2 Å². The first-order chi connectivity index (χ1) is 8.11. The fourth-order valence-electron chi connectivity index (χ4n) is 1.70. The van der Waals surface area contributed by atoms with Crippen molar-refractivity contribution in [1.29, 1.82) is 0 Å². The van der Waals surface area contributed by atoms with Gasteiger partial charge in [0.15, 0.2) is 0 Å². The number of aryl methyl sites for hydroxylation is 1. The number of hydrogen-bond donors (Lipinski definition) is 1. The van der Waals surface area contributed by atoms with Gasteiger partial charge >= 0.3 is 0 Å². The van der Waals surface area contributed by atoms with Gasteiger partial charge < -0.3 is 10.5 Å². The number of rotatable bonds is 3. The Kier molecular flexibility index (Phi) is 3.49. The summed E-state index contributed by atoms with van der Waals surface area (Å²) < 4.78 is 8.03. The monoisotopic (exact) mass is 295 g/mol. The summed E-state index contributed by atoms with van der Waals surface area (Å²) in [5, 5.41) is 4.31. The highest BCUT2D eigenvalue weighted by molar-refractivity contribution is 9.10. The zero-order chi connectivity index (χ0) is 12.4. The molecule has 0 fully saturated rings. The Labute approximate surface area is 109 Å². The molecule has 4 nitrogen and oxygen atoms in total. The second kappa shape index (κ2) is 4.89. The quantitative estimate of drug-likeness (QED) is 0.945. The van der Waals surface area contributed by atoms with Crippen molar-refractivity contribution in [3.8, 4) is 5.75 Å². The lowest BCUT2D eigenvalue weighted by Crippen LogP contribution is -2.14. The summed E-state index contributed by atoms with van der Waals surface area (Å²) >= 11 is 3.41. The van der Waals surface area contributed by atoms with Gasteiger partial charge in [0.05, 0.1) is 18.8 Å². The maximum Gasteiger partial charge on any atom is 0.125 e. The third-order valence-corrected chi connectivity index (χ3v) is 3.08. The molecule has 1 atom stereocenters. The van der Waals surface area contributed by atoms with E-state index in [9.17, 15) is 0 Å². The Morgan fingerprint density at radius 2 is 2.18 bits per heavy atom. The van der Waals surface area contributed by atoms with Crippen molar-refractivity contribution in [2.45, 2.75) is 6.04 Å². The summed E-state index contributed by atoms with van der Waals surface area (Å²) in [6, 6.07) is 7.42. The van der Waals surface area contributed by atoms with Crippen molar-refractivity contribution in [2.75, 3.05) is 7.11 Å².